The second-order valence-electron chi connectivity index (χ2n) is 5.77. The fourth-order valence-electron chi connectivity index (χ4n) is 3.05. The lowest BCUT2D eigenvalue weighted by Gasteiger charge is -2.15. The topological polar surface area (TPSA) is 84.3 Å². The lowest BCUT2D eigenvalue weighted by molar-refractivity contribution is -0.142. The zero-order valence-corrected chi connectivity index (χ0v) is 12.5. The summed E-state index contributed by atoms with van der Waals surface area (Å²) in [5, 5.41) is 7.12. The SMILES string of the molecule is O=C(CN1C(=O)CCC1=O)NCCn1ncc2c1CCCC2. The summed E-state index contributed by atoms with van der Waals surface area (Å²) in [6.07, 6.45) is 6.87. The van der Waals surface area contributed by atoms with E-state index in [0.717, 1.165) is 17.7 Å². The highest BCUT2D eigenvalue weighted by atomic mass is 16.2. The summed E-state index contributed by atoms with van der Waals surface area (Å²) in [6, 6.07) is 0. The number of carbonyl (C=O) groups excluding carboxylic acids is 3. The zero-order chi connectivity index (χ0) is 15.5. The van der Waals surface area contributed by atoms with Crippen molar-refractivity contribution in [1.82, 2.24) is 20.0 Å². The number of hydrogen-bond donors (Lipinski definition) is 1. The van der Waals surface area contributed by atoms with Gasteiger partial charge in [0.25, 0.3) is 0 Å². The number of carbonyl (C=O) groups is 3. The summed E-state index contributed by atoms with van der Waals surface area (Å²) in [5.74, 6) is -0.827. The van der Waals surface area contributed by atoms with E-state index in [1.807, 2.05) is 10.9 Å². The first-order chi connectivity index (χ1) is 10.6. The van der Waals surface area contributed by atoms with Crippen molar-refractivity contribution in [3.63, 3.8) is 0 Å². The van der Waals surface area contributed by atoms with Crippen molar-refractivity contribution in [3.05, 3.63) is 17.5 Å². The fourth-order valence-corrected chi connectivity index (χ4v) is 3.05. The van der Waals surface area contributed by atoms with Crippen molar-refractivity contribution in [1.29, 1.82) is 0 Å². The molecular weight excluding hydrogens is 284 g/mol. The Morgan fingerprint density at radius 3 is 2.64 bits per heavy atom. The Morgan fingerprint density at radius 2 is 1.86 bits per heavy atom. The van der Waals surface area contributed by atoms with Crippen molar-refractivity contribution in [3.8, 4) is 0 Å². The van der Waals surface area contributed by atoms with Crippen LogP contribution < -0.4 is 5.32 Å². The van der Waals surface area contributed by atoms with E-state index in [9.17, 15) is 14.4 Å². The number of hydrogen-bond acceptors (Lipinski definition) is 4. The maximum Gasteiger partial charge on any atom is 0.240 e. The smallest absolute Gasteiger partial charge is 0.240 e. The predicted molar refractivity (Wildman–Crippen MR) is 77.8 cm³/mol. The molecule has 7 nitrogen and oxygen atoms in total. The van der Waals surface area contributed by atoms with Crippen LogP contribution in [0.2, 0.25) is 0 Å². The number of fused-ring (bicyclic) bond motifs is 1. The van der Waals surface area contributed by atoms with Crippen LogP contribution in [0.5, 0.6) is 0 Å². The van der Waals surface area contributed by atoms with Gasteiger partial charge in [-0.15, -0.1) is 0 Å². The van der Waals surface area contributed by atoms with Crippen LogP contribution in [-0.4, -0.2) is 45.5 Å². The highest BCUT2D eigenvalue weighted by Gasteiger charge is 2.30. The molecule has 1 saturated heterocycles. The van der Waals surface area contributed by atoms with E-state index in [0.29, 0.717) is 13.1 Å². The van der Waals surface area contributed by atoms with Gasteiger partial charge in [-0.3, -0.25) is 24.0 Å². The molecule has 3 rings (SSSR count). The first-order valence-corrected chi connectivity index (χ1v) is 7.78. The van der Waals surface area contributed by atoms with Gasteiger partial charge < -0.3 is 5.32 Å². The van der Waals surface area contributed by atoms with Gasteiger partial charge in [-0.2, -0.15) is 5.10 Å². The molecule has 7 heteroatoms. The third-order valence-electron chi connectivity index (χ3n) is 4.25. The van der Waals surface area contributed by atoms with Gasteiger partial charge >= 0.3 is 0 Å². The molecule has 1 aromatic rings. The van der Waals surface area contributed by atoms with Crippen LogP contribution in [0, 0.1) is 0 Å². The second kappa shape index (κ2) is 6.29. The summed E-state index contributed by atoms with van der Waals surface area (Å²) in [5.41, 5.74) is 2.58. The Balaban J connectivity index is 1.47. The number of aryl methyl sites for hydroxylation is 1. The molecule has 1 aliphatic carbocycles. The molecule has 1 aliphatic heterocycles. The highest BCUT2D eigenvalue weighted by molar-refractivity contribution is 6.04. The average molecular weight is 304 g/mol. The highest BCUT2D eigenvalue weighted by Crippen LogP contribution is 2.20. The fraction of sp³-hybridized carbons (Fsp3) is 0.600. The summed E-state index contributed by atoms with van der Waals surface area (Å²) >= 11 is 0. The minimum absolute atomic E-state index is 0.172. The molecule has 2 aliphatic rings. The quantitative estimate of drug-likeness (QED) is 0.778. The Hall–Kier alpha value is -2.18. The van der Waals surface area contributed by atoms with E-state index in [-0.39, 0.29) is 37.1 Å². The van der Waals surface area contributed by atoms with Gasteiger partial charge in [-0.1, -0.05) is 0 Å². The molecule has 0 radical (unpaired) electrons. The van der Waals surface area contributed by atoms with Crippen LogP contribution >= 0.6 is 0 Å². The van der Waals surface area contributed by atoms with Crippen LogP contribution in [0.4, 0.5) is 0 Å². The van der Waals surface area contributed by atoms with Gasteiger partial charge in [-0.25, -0.2) is 0 Å². The van der Waals surface area contributed by atoms with Gasteiger partial charge in [0.1, 0.15) is 6.54 Å². The molecule has 3 amide bonds. The molecule has 0 unspecified atom stereocenters. The summed E-state index contributed by atoms with van der Waals surface area (Å²) in [7, 11) is 0. The zero-order valence-electron chi connectivity index (χ0n) is 12.5. The average Bonchev–Trinajstić information content (AvgIpc) is 3.06. The summed E-state index contributed by atoms with van der Waals surface area (Å²) in [4.78, 5) is 35.8. The van der Waals surface area contributed by atoms with Gasteiger partial charge in [0.05, 0.1) is 12.7 Å². The number of amides is 3. The summed E-state index contributed by atoms with van der Waals surface area (Å²) in [6.45, 7) is 0.890. The molecule has 1 aromatic heterocycles. The van der Waals surface area contributed by atoms with E-state index in [4.69, 9.17) is 0 Å². The largest absolute Gasteiger partial charge is 0.353 e. The van der Waals surface area contributed by atoms with Crippen molar-refractivity contribution in [2.24, 2.45) is 0 Å². The Bertz CT molecular complexity index is 592. The maximum absolute atomic E-state index is 11.8. The van der Waals surface area contributed by atoms with Crippen LogP contribution in [0.25, 0.3) is 0 Å². The molecule has 118 valence electrons. The molecule has 1 fully saturated rings. The van der Waals surface area contributed by atoms with Crippen LogP contribution in [0.1, 0.15) is 36.9 Å². The number of likely N-dealkylation sites (tertiary alicyclic amines) is 1. The number of nitrogens with one attached hydrogen (secondary N) is 1. The normalized spacial score (nSPS) is 17.7. The van der Waals surface area contributed by atoms with E-state index < -0.39 is 0 Å². The van der Waals surface area contributed by atoms with Gasteiger partial charge in [0.15, 0.2) is 0 Å². The van der Waals surface area contributed by atoms with Crippen LogP contribution in [-0.2, 0) is 33.8 Å². The van der Waals surface area contributed by atoms with Crippen LogP contribution in [0.15, 0.2) is 6.20 Å². The molecule has 0 aromatic carbocycles. The van der Waals surface area contributed by atoms with E-state index >= 15 is 0 Å². The van der Waals surface area contributed by atoms with E-state index in [1.165, 1.54) is 24.1 Å². The molecule has 0 atom stereocenters. The second-order valence-corrected chi connectivity index (χ2v) is 5.77. The molecule has 1 N–H and O–H groups in total. The number of nitrogens with zero attached hydrogens (tertiary/aromatic N) is 3. The van der Waals surface area contributed by atoms with Crippen molar-refractivity contribution < 1.29 is 14.4 Å². The third-order valence-corrected chi connectivity index (χ3v) is 4.25. The minimum Gasteiger partial charge on any atom is -0.353 e. The number of imide groups is 1. The molecule has 2 heterocycles. The van der Waals surface area contributed by atoms with Gasteiger partial charge in [0, 0.05) is 25.1 Å². The standard InChI is InChI=1S/C15H20N4O3/c20-13(10-18-14(21)5-6-15(18)22)16-7-8-19-12-4-2-1-3-11(12)9-17-19/h9H,1-8,10H2,(H,16,20). The van der Waals surface area contributed by atoms with Gasteiger partial charge in [-0.05, 0) is 31.2 Å². The summed E-state index contributed by atoms with van der Waals surface area (Å²) < 4.78 is 1.95. The number of aromatic nitrogens is 2. The predicted octanol–water partition coefficient (Wildman–Crippen LogP) is 0.0271. The Morgan fingerprint density at radius 1 is 1.14 bits per heavy atom. The van der Waals surface area contributed by atoms with Crippen molar-refractivity contribution in [2.75, 3.05) is 13.1 Å². The molecule has 0 spiro atoms. The van der Waals surface area contributed by atoms with E-state index in [1.54, 1.807) is 0 Å². The lowest BCUT2D eigenvalue weighted by atomic mass is 9.98. The van der Waals surface area contributed by atoms with Crippen molar-refractivity contribution >= 4 is 17.7 Å². The molecule has 0 bridgehead atoms. The molecule has 0 saturated carbocycles. The van der Waals surface area contributed by atoms with Crippen LogP contribution in [0.3, 0.4) is 0 Å². The molecular formula is C15H20N4O3. The maximum atomic E-state index is 11.8. The molecule has 22 heavy (non-hydrogen) atoms. The van der Waals surface area contributed by atoms with Gasteiger partial charge in [0.2, 0.25) is 17.7 Å². The monoisotopic (exact) mass is 304 g/mol. The lowest BCUT2D eigenvalue weighted by Crippen LogP contribution is -2.41. The number of rotatable bonds is 5. The minimum atomic E-state index is -0.301. The third kappa shape index (κ3) is 3.03. The Kier molecular flexibility index (Phi) is 4.22. The van der Waals surface area contributed by atoms with Crippen molar-refractivity contribution in [2.45, 2.75) is 45.1 Å². The Labute approximate surface area is 128 Å². The first-order valence-electron chi connectivity index (χ1n) is 7.78. The van der Waals surface area contributed by atoms with E-state index in [2.05, 4.69) is 10.4 Å². The first kappa shape index (κ1) is 14.7.